The molecule has 25 heavy (non-hydrogen) atoms. The molecule has 0 unspecified atom stereocenters. The number of aryl methyl sites for hydroxylation is 2. The number of aliphatic imine (C=N–C) groups is 1. The lowest BCUT2D eigenvalue weighted by molar-refractivity contribution is 0.331. The second-order valence-corrected chi connectivity index (χ2v) is 6.09. The first-order valence-corrected chi connectivity index (χ1v) is 8.76. The Labute approximate surface area is 150 Å². The molecule has 0 spiro atoms. The fraction of sp³-hybridized carbons (Fsp3) is 0.474. The molecule has 0 saturated carbocycles. The molecule has 1 aromatic heterocycles. The third-order valence-electron chi connectivity index (χ3n) is 3.87. The number of likely N-dealkylation sites (N-methyl/N-ethyl adjacent to an activating group) is 1. The van der Waals surface area contributed by atoms with Crippen molar-refractivity contribution in [2.75, 3.05) is 26.7 Å². The molecule has 0 radical (unpaired) electrons. The lowest BCUT2D eigenvalue weighted by atomic mass is 10.2. The molecule has 136 valence electrons. The van der Waals surface area contributed by atoms with E-state index in [4.69, 9.17) is 4.42 Å². The molecule has 0 aliphatic heterocycles. The van der Waals surface area contributed by atoms with Crippen molar-refractivity contribution in [2.24, 2.45) is 4.99 Å². The van der Waals surface area contributed by atoms with Gasteiger partial charge in [-0.25, -0.2) is 9.98 Å². The van der Waals surface area contributed by atoms with E-state index in [2.05, 4.69) is 63.7 Å². The van der Waals surface area contributed by atoms with Crippen molar-refractivity contribution in [1.29, 1.82) is 0 Å². The quantitative estimate of drug-likeness (QED) is 0.569. The minimum Gasteiger partial charge on any atom is -0.444 e. The Morgan fingerprint density at radius 1 is 1.20 bits per heavy atom. The van der Waals surface area contributed by atoms with E-state index in [9.17, 15) is 0 Å². The van der Waals surface area contributed by atoms with Crippen LogP contribution in [0.3, 0.4) is 0 Å². The topological polar surface area (TPSA) is 65.7 Å². The number of oxazole rings is 1. The minimum atomic E-state index is 0.434. The van der Waals surface area contributed by atoms with Gasteiger partial charge in [-0.3, -0.25) is 0 Å². The van der Waals surface area contributed by atoms with Gasteiger partial charge >= 0.3 is 0 Å². The van der Waals surface area contributed by atoms with Gasteiger partial charge in [-0.1, -0.05) is 30.3 Å². The molecule has 2 aromatic rings. The Bertz CT molecular complexity index is 646. The van der Waals surface area contributed by atoms with Crippen LogP contribution < -0.4 is 10.6 Å². The van der Waals surface area contributed by atoms with Crippen LogP contribution in [-0.2, 0) is 13.1 Å². The van der Waals surface area contributed by atoms with E-state index in [1.54, 1.807) is 0 Å². The summed E-state index contributed by atoms with van der Waals surface area (Å²) < 4.78 is 5.57. The third kappa shape index (κ3) is 6.58. The summed E-state index contributed by atoms with van der Waals surface area (Å²) in [5, 5.41) is 6.61. The summed E-state index contributed by atoms with van der Waals surface area (Å²) in [6.45, 7) is 9.84. The minimum absolute atomic E-state index is 0.434. The van der Waals surface area contributed by atoms with Gasteiger partial charge in [0.15, 0.2) is 5.96 Å². The predicted octanol–water partition coefficient (Wildman–Crippen LogP) is 2.48. The Morgan fingerprint density at radius 2 is 1.96 bits per heavy atom. The van der Waals surface area contributed by atoms with Gasteiger partial charge in [0.25, 0.3) is 0 Å². The van der Waals surface area contributed by atoms with Gasteiger partial charge in [0.2, 0.25) is 5.89 Å². The molecule has 0 bridgehead atoms. The molecule has 0 atom stereocenters. The van der Waals surface area contributed by atoms with Gasteiger partial charge < -0.3 is 20.0 Å². The summed E-state index contributed by atoms with van der Waals surface area (Å²) in [5.41, 5.74) is 2.24. The summed E-state index contributed by atoms with van der Waals surface area (Å²) in [6.07, 6.45) is 0. The maximum Gasteiger partial charge on any atom is 0.216 e. The fourth-order valence-corrected chi connectivity index (χ4v) is 2.43. The second-order valence-electron chi connectivity index (χ2n) is 6.09. The fourth-order valence-electron chi connectivity index (χ4n) is 2.43. The summed E-state index contributed by atoms with van der Waals surface area (Å²) in [5.74, 6) is 2.28. The molecule has 0 amide bonds. The van der Waals surface area contributed by atoms with Gasteiger partial charge in [-0.05, 0) is 33.4 Å². The van der Waals surface area contributed by atoms with E-state index in [0.717, 1.165) is 43.6 Å². The van der Waals surface area contributed by atoms with Crippen molar-refractivity contribution < 1.29 is 4.42 Å². The summed E-state index contributed by atoms with van der Waals surface area (Å²) in [4.78, 5) is 11.2. The normalized spacial score (nSPS) is 11.8. The Morgan fingerprint density at radius 3 is 2.60 bits per heavy atom. The van der Waals surface area contributed by atoms with Gasteiger partial charge in [0.1, 0.15) is 12.3 Å². The number of nitrogens with zero attached hydrogens (tertiary/aromatic N) is 3. The number of rotatable bonds is 8. The first-order chi connectivity index (χ1) is 12.1. The van der Waals surface area contributed by atoms with E-state index in [0.29, 0.717) is 12.4 Å². The van der Waals surface area contributed by atoms with E-state index in [1.807, 2.05) is 19.9 Å². The van der Waals surface area contributed by atoms with Crippen molar-refractivity contribution in [3.8, 4) is 0 Å². The first-order valence-electron chi connectivity index (χ1n) is 8.76. The lowest BCUT2D eigenvalue weighted by Crippen LogP contribution is -2.40. The number of benzene rings is 1. The lowest BCUT2D eigenvalue weighted by Gasteiger charge is -2.18. The number of aromatic nitrogens is 1. The zero-order chi connectivity index (χ0) is 18.1. The largest absolute Gasteiger partial charge is 0.444 e. The molecular formula is C19H29N5O. The third-order valence-corrected chi connectivity index (χ3v) is 3.87. The highest BCUT2D eigenvalue weighted by Crippen LogP contribution is 2.08. The average molecular weight is 343 g/mol. The molecule has 0 saturated heterocycles. The highest BCUT2D eigenvalue weighted by atomic mass is 16.4. The van der Waals surface area contributed by atoms with E-state index in [-0.39, 0.29) is 0 Å². The van der Waals surface area contributed by atoms with Crippen LogP contribution in [0, 0.1) is 13.8 Å². The molecule has 6 nitrogen and oxygen atoms in total. The van der Waals surface area contributed by atoms with Crippen molar-refractivity contribution in [1.82, 2.24) is 20.5 Å². The van der Waals surface area contributed by atoms with Crippen LogP contribution >= 0.6 is 0 Å². The molecule has 2 rings (SSSR count). The van der Waals surface area contributed by atoms with Crippen LogP contribution in [0.1, 0.15) is 29.8 Å². The van der Waals surface area contributed by atoms with Crippen LogP contribution in [0.5, 0.6) is 0 Å². The Hall–Kier alpha value is -2.34. The maximum absolute atomic E-state index is 5.57. The zero-order valence-corrected chi connectivity index (χ0v) is 15.7. The van der Waals surface area contributed by atoms with Gasteiger partial charge in [0.05, 0.1) is 5.69 Å². The van der Waals surface area contributed by atoms with Crippen LogP contribution in [0.4, 0.5) is 0 Å². The number of nitrogens with one attached hydrogen (secondary N) is 2. The summed E-state index contributed by atoms with van der Waals surface area (Å²) >= 11 is 0. The highest BCUT2D eigenvalue weighted by molar-refractivity contribution is 5.79. The maximum atomic E-state index is 5.57. The molecule has 6 heteroatoms. The van der Waals surface area contributed by atoms with Crippen molar-refractivity contribution in [3.05, 3.63) is 53.2 Å². The highest BCUT2D eigenvalue weighted by Gasteiger charge is 2.06. The molecule has 0 aliphatic carbocycles. The summed E-state index contributed by atoms with van der Waals surface area (Å²) in [7, 11) is 2.12. The van der Waals surface area contributed by atoms with Crippen molar-refractivity contribution in [3.63, 3.8) is 0 Å². The Balaban J connectivity index is 1.79. The number of hydrogen-bond donors (Lipinski definition) is 2. The molecule has 1 aromatic carbocycles. The van der Waals surface area contributed by atoms with Crippen molar-refractivity contribution in [2.45, 2.75) is 33.9 Å². The van der Waals surface area contributed by atoms with E-state index in [1.165, 1.54) is 5.56 Å². The predicted molar refractivity (Wildman–Crippen MR) is 102 cm³/mol. The van der Waals surface area contributed by atoms with Crippen LogP contribution in [0.15, 0.2) is 39.7 Å². The van der Waals surface area contributed by atoms with Gasteiger partial charge in [0, 0.05) is 26.2 Å². The van der Waals surface area contributed by atoms with E-state index >= 15 is 0 Å². The van der Waals surface area contributed by atoms with Gasteiger partial charge in [-0.2, -0.15) is 0 Å². The van der Waals surface area contributed by atoms with Crippen LogP contribution in [0.25, 0.3) is 0 Å². The van der Waals surface area contributed by atoms with Crippen molar-refractivity contribution >= 4 is 5.96 Å². The molecule has 0 fully saturated rings. The standard InChI is InChI=1S/C19H29N5O/c1-5-20-19(22-13-18-23-15(2)16(3)25-18)21-11-12-24(4)14-17-9-7-6-8-10-17/h6-10H,5,11-14H2,1-4H3,(H2,20,21,22). The zero-order valence-electron chi connectivity index (χ0n) is 15.7. The van der Waals surface area contributed by atoms with Crippen LogP contribution in [-0.4, -0.2) is 42.5 Å². The Kier molecular flexibility index (Phi) is 7.47. The molecular weight excluding hydrogens is 314 g/mol. The SMILES string of the molecule is CCNC(=NCc1nc(C)c(C)o1)NCCN(C)Cc1ccccc1. The van der Waals surface area contributed by atoms with Gasteiger partial charge in [-0.15, -0.1) is 0 Å². The smallest absolute Gasteiger partial charge is 0.216 e. The first kappa shape index (κ1) is 19.0. The molecule has 1 heterocycles. The van der Waals surface area contributed by atoms with Crippen LogP contribution in [0.2, 0.25) is 0 Å². The number of guanidine groups is 1. The summed E-state index contributed by atoms with van der Waals surface area (Å²) in [6, 6.07) is 10.5. The second kappa shape index (κ2) is 9.84. The monoisotopic (exact) mass is 343 g/mol. The average Bonchev–Trinajstić information content (AvgIpc) is 2.91. The van der Waals surface area contributed by atoms with E-state index < -0.39 is 0 Å². The molecule has 2 N–H and O–H groups in total. The number of hydrogen-bond acceptors (Lipinski definition) is 4. The molecule has 0 aliphatic rings.